The number of rotatable bonds is 5. The number of hydrogen-bond acceptors (Lipinski definition) is 18. The number of carbonyl (C=O) groups is 7. The number of amides is 7. The third-order valence-electron chi connectivity index (χ3n) is 15.3. The predicted octanol–water partition coefficient (Wildman–Crippen LogP) is 5.51. The summed E-state index contributed by atoms with van der Waals surface area (Å²) in [5, 5.41) is 99.1. The van der Waals surface area contributed by atoms with Crippen molar-refractivity contribution in [1.29, 1.82) is 0 Å². The van der Waals surface area contributed by atoms with Gasteiger partial charge in [-0.15, -0.1) is 0 Å². The number of ether oxygens (including phenoxy) is 3. The van der Waals surface area contributed by atoms with E-state index in [1.54, 1.807) is 0 Å². The highest BCUT2D eigenvalue weighted by atomic mass is 35.5. The summed E-state index contributed by atoms with van der Waals surface area (Å²) in [6.07, 6.45) is -2.26. The Morgan fingerprint density at radius 2 is 1.17 bits per heavy atom. The van der Waals surface area contributed by atoms with E-state index in [2.05, 4.69) is 37.2 Å². The lowest BCUT2D eigenvalue weighted by atomic mass is 9.89. The molecule has 17 bridgehead atoms. The van der Waals surface area contributed by atoms with E-state index in [1.165, 1.54) is 66.7 Å². The van der Waals surface area contributed by atoms with E-state index >= 15 is 19.2 Å². The molecule has 7 amide bonds. The fourth-order valence-electron chi connectivity index (χ4n) is 10.9. The van der Waals surface area contributed by atoms with E-state index in [9.17, 15) is 50.1 Å². The van der Waals surface area contributed by atoms with Crippen LogP contribution in [0.4, 0.5) is 0 Å². The van der Waals surface area contributed by atoms with Gasteiger partial charge in [-0.1, -0.05) is 47.5 Å². The largest absolute Gasteiger partial charge is 0.508 e. The number of halogens is 2. The Hall–Kier alpha value is -10.5. The van der Waals surface area contributed by atoms with E-state index in [-0.39, 0.29) is 97.1 Å². The van der Waals surface area contributed by atoms with Crippen LogP contribution in [-0.4, -0.2) is 121 Å². The zero-order valence-corrected chi connectivity index (χ0v) is 49.0. The molecule has 90 heavy (non-hydrogen) atoms. The van der Waals surface area contributed by atoms with Crippen molar-refractivity contribution in [2.24, 2.45) is 0 Å². The second-order valence-electron chi connectivity index (χ2n) is 22.0. The molecule has 27 heteroatoms. The lowest BCUT2D eigenvalue weighted by molar-refractivity contribution is -0.137. The number of aromatic hydroxyl groups is 6. The minimum atomic E-state index is -2.13. The van der Waals surface area contributed by atoms with Crippen molar-refractivity contribution in [1.82, 2.24) is 42.1 Å². The highest BCUT2D eigenvalue weighted by Gasteiger charge is 2.41. The standard InChI is InChI=1S/C63H56Cl2N8O17/c1-73(2)13-3-12-66-59(83)54-37-25-34(75)26-43(78)50(37)36-20-29(6-9-41(36)76)51-60(84)72-55(63(87)71-54)56(80)30-7-11-45(39(65)21-30)90-48-23-32-22-47(57(48)81)89-44-10-5-27(14-38(44)64)15-40-58(82)68-52(61(85)70-53(32)62(86)69-51)31-18-33(74)24-35(19-31)88-46-16-28(4-8-42(46)77)17-49(79)67-40/h4-11,14,16,18-26,40,51-56,74-78,80-81H,3,12-13,15,17H2,1-2H3,(H,66,83)(H,67,79)(H,68,82)(H,69,86)(H,70,85)(H,71,87)(H,72,84)/t40-,51-,52+,53-,54+,55+,56-/m1/s1. The first-order valence-corrected chi connectivity index (χ1v) is 28.7. The van der Waals surface area contributed by atoms with Crippen LogP contribution in [0.1, 0.15) is 75.6 Å². The molecule has 25 nitrogen and oxygen atoms in total. The molecule has 6 aliphatic rings. The van der Waals surface area contributed by atoms with Gasteiger partial charge in [-0.25, -0.2) is 0 Å². The van der Waals surface area contributed by atoms with Crippen LogP contribution in [0.25, 0.3) is 11.1 Å². The van der Waals surface area contributed by atoms with Crippen LogP contribution < -0.4 is 51.4 Å². The van der Waals surface area contributed by atoms with Gasteiger partial charge >= 0.3 is 0 Å². The lowest BCUT2D eigenvalue weighted by Gasteiger charge is -2.31. The highest BCUT2D eigenvalue weighted by molar-refractivity contribution is 6.32. The molecular weight excluding hydrogens is 1210 g/mol. The molecule has 14 N–H and O–H groups in total. The number of fused-ring (bicyclic) bond motifs is 14. The first-order chi connectivity index (χ1) is 42.9. The summed E-state index contributed by atoms with van der Waals surface area (Å²) < 4.78 is 18.5. The summed E-state index contributed by atoms with van der Waals surface area (Å²) in [5.74, 6) is -12.7. The third kappa shape index (κ3) is 12.8. The quantitative estimate of drug-likeness (QED) is 0.0944. The number of carbonyl (C=O) groups excluding carboxylic acids is 7. The van der Waals surface area contributed by atoms with Gasteiger partial charge in [0.05, 0.1) is 16.5 Å². The smallest absolute Gasteiger partial charge is 0.248 e. The van der Waals surface area contributed by atoms with Gasteiger partial charge in [0.15, 0.2) is 23.0 Å². The Morgan fingerprint density at radius 3 is 1.86 bits per heavy atom. The average Bonchev–Trinajstić information content (AvgIpc) is 0.824. The Balaban J connectivity index is 1.12. The maximum atomic E-state index is 15.8. The Bertz CT molecular complexity index is 4130. The second-order valence-corrected chi connectivity index (χ2v) is 22.9. The van der Waals surface area contributed by atoms with Crippen molar-refractivity contribution in [2.75, 3.05) is 27.2 Å². The van der Waals surface area contributed by atoms with Gasteiger partial charge in [-0.05, 0) is 145 Å². The van der Waals surface area contributed by atoms with Crippen molar-refractivity contribution in [3.8, 4) is 80.1 Å². The zero-order valence-electron chi connectivity index (χ0n) is 47.5. The number of phenolic OH excluding ortho intramolecular Hbond substituents is 6. The van der Waals surface area contributed by atoms with Crippen LogP contribution in [0.2, 0.25) is 10.0 Å². The molecule has 0 aromatic heterocycles. The van der Waals surface area contributed by atoms with E-state index in [4.69, 9.17) is 37.4 Å². The van der Waals surface area contributed by atoms with E-state index in [0.717, 1.165) is 48.5 Å². The Morgan fingerprint density at radius 1 is 0.556 bits per heavy atom. The van der Waals surface area contributed by atoms with Gasteiger partial charge in [0.2, 0.25) is 47.1 Å². The molecular formula is C63H56Cl2N8O17. The molecule has 0 radical (unpaired) electrons. The summed E-state index contributed by atoms with van der Waals surface area (Å²) in [7, 11) is 3.64. The SMILES string of the molecule is CN(C)CCCNC(=O)[C@H]1NC(=O)[C@H]2NC(=O)[C@H](NC(=O)[C@@H]3NC(=O)[C@H]4NC(=O)[C@@H](Cc5ccc(c(Cl)c5)Oc5cc3cc(c5O)Oc3ccc(cc3Cl)[C@H]2O)NC(=O)Cc2ccc(O)c(c2)Oc2cc(O)cc4c2)c2ccc(O)c(c2)-c2c(O)cc(O)cc21. The summed E-state index contributed by atoms with van der Waals surface area (Å²) in [4.78, 5) is 107. The third-order valence-corrected chi connectivity index (χ3v) is 15.9. The number of aliphatic hydroxyl groups is 1. The van der Waals surface area contributed by atoms with Crippen LogP contribution in [0.3, 0.4) is 0 Å². The number of benzene rings is 7. The number of nitrogens with zero attached hydrogens (tertiary/aromatic N) is 1. The molecule has 7 aromatic carbocycles. The molecule has 7 aromatic rings. The van der Waals surface area contributed by atoms with Gasteiger partial charge in [-0.3, -0.25) is 33.6 Å². The van der Waals surface area contributed by atoms with Crippen molar-refractivity contribution in [3.05, 3.63) is 164 Å². The average molecular weight is 1270 g/mol. The van der Waals surface area contributed by atoms with Gasteiger partial charge in [0.1, 0.15) is 82.6 Å². The molecule has 6 heterocycles. The normalized spacial score (nSPS) is 20.7. The van der Waals surface area contributed by atoms with Crippen molar-refractivity contribution >= 4 is 64.6 Å². The molecule has 0 saturated carbocycles. The van der Waals surface area contributed by atoms with Crippen LogP contribution in [0.5, 0.6) is 69.0 Å². The minimum absolute atomic E-state index is 0.0588. The summed E-state index contributed by atoms with van der Waals surface area (Å²) >= 11 is 13.8. The molecule has 13 rings (SSSR count). The Kier molecular flexibility index (Phi) is 17.0. The summed E-state index contributed by atoms with van der Waals surface area (Å²) in [6, 6.07) is 11.6. The maximum absolute atomic E-state index is 15.8. The Labute approximate surface area is 521 Å². The topological polar surface area (TPSA) is 376 Å². The monoisotopic (exact) mass is 1270 g/mol. The molecule has 7 atom stereocenters. The molecule has 0 saturated heterocycles. The van der Waals surface area contributed by atoms with Crippen molar-refractivity contribution in [2.45, 2.75) is 61.6 Å². The molecule has 0 fully saturated rings. The lowest BCUT2D eigenvalue weighted by Crippen LogP contribution is -2.55. The van der Waals surface area contributed by atoms with Crippen LogP contribution in [-0.2, 0) is 46.4 Å². The van der Waals surface area contributed by atoms with Crippen LogP contribution >= 0.6 is 23.2 Å². The van der Waals surface area contributed by atoms with Crippen LogP contribution in [0, 0.1) is 0 Å². The van der Waals surface area contributed by atoms with E-state index in [0.29, 0.717) is 24.1 Å². The maximum Gasteiger partial charge on any atom is 0.248 e. The number of nitrogens with one attached hydrogen (secondary N) is 7. The van der Waals surface area contributed by atoms with E-state index < -0.39 is 124 Å². The van der Waals surface area contributed by atoms with Gasteiger partial charge in [-0.2, -0.15) is 0 Å². The van der Waals surface area contributed by atoms with Gasteiger partial charge in [0, 0.05) is 36.2 Å². The van der Waals surface area contributed by atoms with Crippen LogP contribution in [0.15, 0.2) is 115 Å². The zero-order chi connectivity index (χ0) is 64.0. The fraction of sp³-hybridized carbons (Fsp3) is 0.222. The number of phenols is 6. The van der Waals surface area contributed by atoms with Gasteiger partial charge < -0.3 is 92.1 Å². The number of aliphatic hydroxyl groups excluding tert-OH is 1. The van der Waals surface area contributed by atoms with E-state index in [1.807, 2.05) is 19.0 Å². The molecule has 6 aliphatic heterocycles. The molecule has 0 spiro atoms. The fourth-order valence-corrected chi connectivity index (χ4v) is 11.4. The number of hydrogen-bond donors (Lipinski definition) is 14. The van der Waals surface area contributed by atoms with Crippen molar-refractivity contribution < 1.29 is 83.5 Å². The summed E-state index contributed by atoms with van der Waals surface area (Å²) in [6.45, 7) is 0.587. The molecule has 464 valence electrons. The van der Waals surface area contributed by atoms with Crippen molar-refractivity contribution in [3.63, 3.8) is 0 Å². The summed E-state index contributed by atoms with van der Waals surface area (Å²) in [5.41, 5.74) is -1.07. The van der Waals surface area contributed by atoms with Gasteiger partial charge in [0.25, 0.3) is 0 Å². The minimum Gasteiger partial charge on any atom is -0.508 e. The predicted molar refractivity (Wildman–Crippen MR) is 320 cm³/mol. The first-order valence-electron chi connectivity index (χ1n) is 27.9. The second kappa shape index (κ2) is 25.0. The highest BCUT2D eigenvalue weighted by Crippen LogP contribution is 2.48. The molecule has 0 aliphatic carbocycles. The first kappa shape index (κ1) is 61.2. The molecule has 0 unspecified atom stereocenters.